The fraction of sp³-hybridized carbons (Fsp3) is 0.355. The first kappa shape index (κ1) is 32.0. The van der Waals surface area contributed by atoms with Crippen LogP contribution in [0, 0.1) is 0 Å². The molecule has 0 spiro atoms. The van der Waals surface area contributed by atoms with Gasteiger partial charge in [-0.15, -0.1) is 0 Å². The zero-order chi connectivity index (χ0) is 29.8. The van der Waals surface area contributed by atoms with Crippen molar-refractivity contribution in [3.05, 3.63) is 89.4 Å². The first-order valence-corrected chi connectivity index (χ1v) is 15.6. The minimum absolute atomic E-state index is 0.00947. The maximum atomic E-state index is 13.9. The highest BCUT2D eigenvalue weighted by molar-refractivity contribution is 7.92. The lowest BCUT2D eigenvalue weighted by atomic mass is 10.1. The Bertz CT molecular complexity index is 1370. The third kappa shape index (κ3) is 8.96. The summed E-state index contributed by atoms with van der Waals surface area (Å²) in [5, 5.41) is 3.28. The number of anilines is 1. The Morgan fingerprint density at radius 3 is 2.22 bits per heavy atom. The number of carbonyl (C=O) groups is 2. The minimum Gasteiger partial charge on any atom is -0.494 e. The van der Waals surface area contributed by atoms with Crippen LogP contribution in [-0.4, -0.2) is 57.4 Å². The van der Waals surface area contributed by atoms with Gasteiger partial charge in [0.2, 0.25) is 11.8 Å². The lowest BCUT2D eigenvalue weighted by Crippen LogP contribution is -2.52. The second-order valence-electron chi connectivity index (χ2n) is 9.54. The predicted molar refractivity (Wildman–Crippen MR) is 163 cm³/mol. The van der Waals surface area contributed by atoms with Gasteiger partial charge < -0.3 is 15.0 Å². The minimum atomic E-state index is -4.17. The fourth-order valence-corrected chi connectivity index (χ4v) is 5.78. The van der Waals surface area contributed by atoms with E-state index in [1.54, 1.807) is 31.2 Å². The van der Waals surface area contributed by atoms with Gasteiger partial charge in [0.15, 0.2) is 0 Å². The largest absolute Gasteiger partial charge is 0.494 e. The van der Waals surface area contributed by atoms with E-state index in [-0.39, 0.29) is 17.3 Å². The van der Waals surface area contributed by atoms with E-state index in [4.69, 9.17) is 16.3 Å². The molecular formula is C31H38ClN3O5S. The number of nitrogens with one attached hydrogen (secondary N) is 1. The van der Waals surface area contributed by atoms with Crippen molar-refractivity contribution >= 4 is 39.1 Å². The topological polar surface area (TPSA) is 96.0 Å². The summed E-state index contributed by atoms with van der Waals surface area (Å²) in [6.45, 7) is 6.25. The van der Waals surface area contributed by atoms with E-state index in [1.807, 2.05) is 44.2 Å². The maximum absolute atomic E-state index is 13.9. The van der Waals surface area contributed by atoms with Crippen LogP contribution in [0.5, 0.6) is 5.75 Å². The highest BCUT2D eigenvalue weighted by Gasteiger charge is 2.32. The normalized spacial score (nSPS) is 11.9. The van der Waals surface area contributed by atoms with Gasteiger partial charge in [-0.05, 0) is 80.8 Å². The average Bonchev–Trinajstić information content (AvgIpc) is 2.97. The molecule has 1 N–H and O–H groups in total. The quantitative estimate of drug-likeness (QED) is 0.239. The molecule has 0 aliphatic heterocycles. The van der Waals surface area contributed by atoms with Gasteiger partial charge in [0.1, 0.15) is 18.3 Å². The number of hydrogen-bond acceptors (Lipinski definition) is 5. The van der Waals surface area contributed by atoms with Gasteiger partial charge in [-0.2, -0.15) is 0 Å². The molecule has 0 aromatic heterocycles. The number of halogens is 1. The lowest BCUT2D eigenvalue weighted by Gasteiger charge is -2.32. The zero-order valence-electron chi connectivity index (χ0n) is 23.8. The summed E-state index contributed by atoms with van der Waals surface area (Å²) in [5.74, 6) is -0.202. The molecule has 0 saturated carbocycles. The van der Waals surface area contributed by atoms with E-state index in [1.165, 1.54) is 29.2 Å². The highest BCUT2D eigenvalue weighted by Crippen LogP contribution is 2.27. The predicted octanol–water partition coefficient (Wildman–Crippen LogP) is 5.31. The van der Waals surface area contributed by atoms with Gasteiger partial charge in [-0.25, -0.2) is 8.42 Å². The molecule has 3 rings (SSSR count). The van der Waals surface area contributed by atoms with Crippen LogP contribution in [0.2, 0.25) is 5.02 Å². The third-order valence-electron chi connectivity index (χ3n) is 6.60. The Morgan fingerprint density at radius 1 is 0.951 bits per heavy atom. The van der Waals surface area contributed by atoms with Crippen molar-refractivity contribution in [3.8, 4) is 5.75 Å². The van der Waals surface area contributed by atoms with Crippen LogP contribution < -0.4 is 14.4 Å². The number of amides is 2. The fourth-order valence-electron chi connectivity index (χ4n) is 4.24. The maximum Gasteiger partial charge on any atom is 0.264 e. The van der Waals surface area contributed by atoms with Crippen LogP contribution >= 0.6 is 11.6 Å². The van der Waals surface area contributed by atoms with Crippen LogP contribution in [-0.2, 0) is 26.0 Å². The second kappa shape index (κ2) is 15.4. The molecule has 0 aliphatic rings. The molecular weight excluding hydrogens is 562 g/mol. The van der Waals surface area contributed by atoms with Crippen molar-refractivity contribution in [3.63, 3.8) is 0 Å². The first-order valence-electron chi connectivity index (χ1n) is 13.8. The number of ether oxygens (including phenoxy) is 1. The number of sulfonamides is 1. The smallest absolute Gasteiger partial charge is 0.264 e. The molecule has 220 valence electrons. The summed E-state index contributed by atoms with van der Waals surface area (Å²) in [7, 11) is -4.17. The van der Waals surface area contributed by atoms with E-state index in [0.717, 1.165) is 22.7 Å². The van der Waals surface area contributed by atoms with E-state index in [0.29, 0.717) is 36.0 Å². The lowest BCUT2D eigenvalue weighted by molar-refractivity contribution is -0.138. The van der Waals surface area contributed by atoms with E-state index >= 15 is 0 Å². The van der Waals surface area contributed by atoms with Gasteiger partial charge in [0.05, 0.1) is 17.2 Å². The van der Waals surface area contributed by atoms with Gasteiger partial charge in [0, 0.05) is 18.1 Å². The summed E-state index contributed by atoms with van der Waals surface area (Å²) in [6, 6.07) is 21.1. The Labute approximate surface area is 248 Å². The molecule has 3 aromatic carbocycles. The molecule has 0 unspecified atom stereocenters. The summed E-state index contributed by atoms with van der Waals surface area (Å²) in [6.07, 6.45) is 2.25. The Hall–Kier alpha value is -3.56. The average molecular weight is 600 g/mol. The molecule has 0 fully saturated rings. The van der Waals surface area contributed by atoms with Gasteiger partial charge >= 0.3 is 0 Å². The van der Waals surface area contributed by atoms with Gasteiger partial charge in [0.25, 0.3) is 10.0 Å². The molecule has 3 aromatic rings. The second-order valence-corrected chi connectivity index (χ2v) is 11.8. The summed E-state index contributed by atoms with van der Waals surface area (Å²) >= 11 is 6.01. The standard InChI is InChI=1S/C31H38ClN3O5S/c1-4-6-21-33-31(37)24(3)34(22-20-25-10-8-7-9-11-25)30(36)23-35(27-14-16-28(17-15-27)40-5-2)41(38,39)29-18-12-26(32)13-19-29/h7-19,24H,4-6,20-23H2,1-3H3,(H,33,37)/t24-/m0/s1. The number of nitrogens with zero attached hydrogens (tertiary/aromatic N) is 2. The van der Waals surface area contributed by atoms with Gasteiger partial charge in [-0.3, -0.25) is 13.9 Å². The van der Waals surface area contributed by atoms with Crippen LogP contribution in [0.4, 0.5) is 5.69 Å². The van der Waals surface area contributed by atoms with Crippen molar-refractivity contribution in [2.45, 2.75) is 51.0 Å². The molecule has 0 saturated heterocycles. The van der Waals surface area contributed by atoms with E-state index < -0.39 is 28.5 Å². The SMILES string of the molecule is CCCCNC(=O)[C@H](C)N(CCc1ccccc1)C(=O)CN(c1ccc(OCC)cc1)S(=O)(=O)c1ccc(Cl)cc1. The van der Waals surface area contributed by atoms with Crippen LogP contribution in [0.25, 0.3) is 0 Å². The molecule has 0 heterocycles. The molecule has 0 radical (unpaired) electrons. The number of rotatable bonds is 15. The highest BCUT2D eigenvalue weighted by atomic mass is 35.5. The summed E-state index contributed by atoms with van der Waals surface area (Å²) < 4.78 is 34.3. The Kier molecular flexibility index (Phi) is 12.0. The number of carbonyl (C=O) groups excluding carboxylic acids is 2. The number of hydrogen-bond donors (Lipinski definition) is 1. The van der Waals surface area contributed by atoms with E-state index in [9.17, 15) is 18.0 Å². The van der Waals surface area contributed by atoms with Gasteiger partial charge in [-0.1, -0.05) is 55.3 Å². The molecule has 10 heteroatoms. The molecule has 8 nitrogen and oxygen atoms in total. The van der Waals surface area contributed by atoms with Crippen molar-refractivity contribution in [2.24, 2.45) is 0 Å². The monoisotopic (exact) mass is 599 g/mol. The van der Waals surface area contributed by atoms with Crippen LogP contribution in [0.15, 0.2) is 83.8 Å². The van der Waals surface area contributed by atoms with Crippen molar-refractivity contribution < 1.29 is 22.7 Å². The third-order valence-corrected chi connectivity index (χ3v) is 8.64. The van der Waals surface area contributed by atoms with E-state index in [2.05, 4.69) is 5.32 Å². The molecule has 41 heavy (non-hydrogen) atoms. The van der Waals surface area contributed by atoms with Crippen LogP contribution in [0.3, 0.4) is 0 Å². The molecule has 1 atom stereocenters. The van der Waals surface area contributed by atoms with Crippen molar-refractivity contribution in [2.75, 3.05) is 30.5 Å². The molecule has 2 amide bonds. The summed E-state index contributed by atoms with van der Waals surface area (Å²) in [5.41, 5.74) is 1.29. The van der Waals surface area contributed by atoms with Crippen molar-refractivity contribution in [1.29, 1.82) is 0 Å². The Morgan fingerprint density at radius 2 is 1.61 bits per heavy atom. The van der Waals surface area contributed by atoms with Crippen LogP contribution in [0.1, 0.15) is 39.2 Å². The molecule has 0 aliphatic carbocycles. The zero-order valence-corrected chi connectivity index (χ0v) is 25.3. The first-order chi connectivity index (χ1) is 19.7. The Balaban J connectivity index is 1.95. The van der Waals surface area contributed by atoms with Crippen molar-refractivity contribution in [1.82, 2.24) is 10.2 Å². The summed E-state index contributed by atoms with van der Waals surface area (Å²) in [4.78, 5) is 28.4. The number of benzene rings is 3. The number of unbranched alkanes of at least 4 members (excludes halogenated alkanes) is 1. The molecule has 0 bridgehead atoms.